The van der Waals surface area contributed by atoms with Gasteiger partial charge in [0.25, 0.3) is 0 Å². The molecule has 0 aliphatic carbocycles. The van der Waals surface area contributed by atoms with Crippen LogP contribution in [0, 0.1) is 12.3 Å². The molecule has 1 aromatic carbocycles. The lowest BCUT2D eigenvalue weighted by molar-refractivity contribution is 0.637. The Balaban J connectivity index is 2.48. The maximum absolute atomic E-state index is 5.45. The van der Waals surface area contributed by atoms with Crippen LogP contribution in [0.15, 0.2) is 12.1 Å². The quantitative estimate of drug-likeness (QED) is 0.745. The van der Waals surface area contributed by atoms with E-state index in [1.54, 1.807) is 0 Å². The third-order valence-electron chi connectivity index (χ3n) is 3.28. The highest BCUT2D eigenvalue weighted by Crippen LogP contribution is 2.25. The van der Waals surface area contributed by atoms with Crippen molar-refractivity contribution in [3.05, 3.63) is 34.4 Å². The van der Waals surface area contributed by atoms with E-state index in [1.807, 2.05) is 0 Å². The van der Waals surface area contributed by atoms with Gasteiger partial charge >= 0.3 is 0 Å². The van der Waals surface area contributed by atoms with E-state index in [-0.39, 0.29) is 0 Å². The largest absolute Gasteiger partial charge is 0.312 e. The molecule has 1 N–H and O–H groups in total. The van der Waals surface area contributed by atoms with Crippen molar-refractivity contribution in [2.45, 2.75) is 39.2 Å². The van der Waals surface area contributed by atoms with Gasteiger partial charge in [0.1, 0.15) is 0 Å². The standard InChI is InChI=1S/C15H19N/c1-4-5-12-8-13(11(2)3)9-14-10-16-7-6-15(12)14/h1,8-9,11,16H,5-7,10H2,2-3H3. The second-order valence-corrected chi connectivity index (χ2v) is 4.78. The maximum atomic E-state index is 5.45. The second kappa shape index (κ2) is 4.72. The lowest BCUT2D eigenvalue weighted by Gasteiger charge is -2.22. The lowest BCUT2D eigenvalue weighted by Crippen LogP contribution is -2.25. The molecule has 0 saturated heterocycles. The van der Waals surface area contributed by atoms with Gasteiger partial charge in [0, 0.05) is 13.0 Å². The third kappa shape index (κ3) is 2.13. The Morgan fingerprint density at radius 1 is 1.44 bits per heavy atom. The van der Waals surface area contributed by atoms with Crippen molar-refractivity contribution >= 4 is 0 Å². The molecule has 84 valence electrons. The number of benzene rings is 1. The molecule has 1 aliphatic rings. The van der Waals surface area contributed by atoms with Crippen molar-refractivity contribution in [3.8, 4) is 12.3 Å². The summed E-state index contributed by atoms with van der Waals surface area (Å²) >= 11 is 0. The molecule has 0 amide bonds. The highest BCUT2D eigenvalue weighted by atomic mass is 14.9. The summed E-state index contributed by atoms with van der Waals surface area (Å²) in [6, 6.07) is 4.64. The second-order valence-electron chi connectivity index (χ2n) is 4.78. The van der Waals surface area contributed by atoms with E-state index >= 15 is 0 Å². The first kappa shape index (κ1) is 11.2. The van der Waals surface area contributed by atoms with Crippen LogP contribution in [0.4, 0.5) is 0 Å². The Hall–Kier alpha value is -1.26. The topological polar surface area (TPSA) is 12.0 Å². The zero-order valence-corrected chi connectivity index (χ0v) is 10.1. The molecule has 0 unspecified atom stereocenters. The summed E-state index contributed by atoms with van der Waals surface area (Å²) in [4.78, 5) is 0. The molecule has 0 bridgehead atoms. The molecular formula is C15H19N. The molecule has 0 aromatic heterocycles. The van der Waals surface area contributed by atoms with E-state index in [0.29, 0.717) is 5.92 Å². The van der Waals surface area contributed by atoms with Crippen molar-refractivity contribution in [3.63, 3.8) is 0 Å². The molecule has 0 spiro atoms. The van der Waals surface area contributed by atoms with Crippen molar-refractivity contribution in [1.29, 1.82) is 0 Å². The van der Waals surface area contributed by atoms with E-state index < -0.39 is 0 Å². The summed E-state index contributed by atoms with van der Waals surface area (Å²) in [7, 11) is 0. The van der Waals surface area contributed by atoms with Gasteiger partial charge in [-0.3, -0.25) is 0 Å². The van der Waals surface area contributed by atoms with E-state index in [2.05, 4.69) is 37.2 Å². The van der Waals surface area contributed by atoms with Gasteiger partial charge in [0.05, 0.1) is 0 Å². The highest BCUT2D eigenvalue weighted by molar-refractivity contribution is 5.43. The predicted molar refractivity (Wildman–Crippen MR) is 68.5 cm³/mol. The average Bonchev–Trinajstić information content (AvgIpc) is 2.29. The van der Waals surface area contributed by atoms with Gasteiger partial charge in [0.15, 0.2) is 0 Å². The summed E-state index contributed by atoms with van der Waals surface area (Å²) in [5.41, 5.74) is 5.71. The summed E-state index contributed by atoms with van der Waals surface area (Å²) in [5, 5.41) is 3.42. The van der Waals surface area contributed by atoms with E-state index in [1.165, 1.54) is 22.3 Å². The van der Waals surface area contributed by atoms with Crippen LogP contribution < -0.4 is 5.32 Å². The van der Waals surface area contributed by atoms with Gasteiger partial charge in [-0.25, -0.2) is 0 Å². The smallest absolute Gasteiger partial charge is 0.0340 e. The van der Waals surface area contributed by atoms with Gasteiger partial charge < -0.3 is 5.32 Å². The number of hydrogen-bond acceptors (Lipinski definition) is 1. The fourth-order valence-electron chi connectivity index (χ4n) is 2.34. The molecule has 16 heavy (non-hydrogen) atoms. The van der Waals surface area contributed by atoms with Crippen molar-refractivity contribution < 1.29 is 0 Å². The van der Waals surface area contributed by atoms with Crippen LogP contribution in [0.5, 0.6) is 0 Å². The molecule has 0 saturated carbocycles. The lowest BCUT2D eigenvalue weighted by atomic mass is 9.88. The fraction of sp³-hybridized carbons (Fsp3) is 0.467. The monoisotopic (exact) mass is 213 g/mol. The molecular weight excluding hydrogens is 194 g/mol. The fourth-order valence-corrected chi connectivity index (χ4v) is 2.34. The highest BCUT2D eigenvalue weighted by Gasteiger charge is 2.14. The van der Waals surface area contributed by atoms with Crippen molar-refractivity contribution in [2.75, 3.05) is 6.54 Å². The normalized spacial score (nSPS) is 14.6. The van der Waals surface area contributed by atoms with Crippen LogP contribution in [-0.4, -0.2) is 6.54 Å². The zero-order valence-electron chi connectivity index (χ0n) is 10.1. The predicted octanol–water partition coefficient (Wildman–Crippen LogP) is 2.63. The minimum Gasteiger partial charge on any atom is -0.312 e. The van der Waals surface area contributed by atoms with Gasteiger partial charge in [-0.05, 0) is 41.1 Å². The number of hydrogen-bond donors (Lipinski definition) is 1. The third-order valence-corrected chi connectivity index (χ3v) is 3.28. The first-order valence-corrected chi connectivity index (χ1v) is 6.01. The van der Waals surface area contributed by atoms with Gasteiger partial charge in [-0.2, -0.15) is 0 Å². The Kier molecular flexibility index (Phi) is 3.31. The molecule has 1 aliphatic heterocycles. The zero-order chi connectivity index (χ0) is 11.5. The molecule has 2 rings (SSSR count). The molecule has 1 nitrogen and oxygen atoms in total. The van der Waals surface area contributed by atoms with Crippen molar-refractivity contribution in [1.82, 2.24) is 5.32 Å². The minimum absolute atomic E-state index is 0.573. The van der Waals surface area contributed by atoms with Crippen LogP contribution >= 0.6 is 0 Å². The van der Waals surface area contributed by atoms with Gasteiger partial charge in [-0.1, -0.05) is 26.0 Å². The van der Waals surface area contributed by atoms with Crippen LogP contribution in [0.1, 0.15) is 42.0 Å². The molecule has 0 atom stereocenters. The molecule has 1 aromatic rings. The minimum atomic E-state index is 0.573. The van der Waals surface area contributed by atoms with E-state index in [4.69, 9.17) is 6.42 Å². The van der Waals surface area contributed by atoms with Crippen LogP contribution in [0.2, 0.25) is 0 Å². The SMILES string of the molecule is C#CCc1cc(C(C)C)cc2c1CCNC2. The summed E-state index contributed by atoms with van der Waals surface area (Å²) in [6.07, 6.45) is 7.34. The molecule has 0 fully saturated rings. The molecule has 1 heterocycles. The van der Waals surface area contributed by atoms with Gasteiger partial charge in [0.2, 0.25) is 0 Å². The Labute approximate surface area is 98.3 Å². The van der Waals surface area contributed by atoms with Gasteiger partial charge in [-0.15, -0.1) is 12.3 Å². The number of nitrogens with one attached hydrogen (secondary N) is 1. The van der Waals surface area contributed by atoms with Crippen LogP contribution in [0.25, 0.3) is 0 Å². The molecule has 0 radical (unpaired) electrons. The van der Waals surface area contributed by atoms with Crippen molar-refractivity contribution in [2.24, 2.45) is 0 Å². The summed E-state index contributed by atoms with van der Waals surface area (Å²) in [5.74, 6) is 3.35. The number of fused-ring (bicyclic) bond motifs is 1. The Bertz CT molecular complexity index is 424. The number of terminal acetylenes is 1. The summed E-state index contributed by atoms with van der Waals surface area (Å²) < 4.78 is 0. The van der Waals surface area contributed by atoms with E-state index in [9.17, 15) is 0 Å². The van der Waals surface area contributed by atoms with Crippen LogP contribution in [-0.2, 0) is 19.4 Å². The average molecular weight is 213 g/mol. The first-order valence-electron chi connectivity index (χ1n) is 6.01. The Morgan fingerprint density at radius 2 is 2.25 bits per heavy atom. The Morgan fingerprint density at radius 3 is 2.94 bits per heavy atom. The van der Waals surface area contributed by atoms with Crippen LogP contribution in [0.3, 0.4) is 0 Å². The maximum Gasteiger partial charge on any atom is 0.0340 e. The first-order chi connectivity index (χ1) is 7.72. The molecule has 1 heteroatoms. The number of rotatable bonds is 2. The van der Waals surface area contributed by atoms with E-state index in [0.717, 1.165) is 25.9 Å². The summed E-state index contributed by atoms with van der Waals surface area (Å²) in [6.45, 7) is 6.54.